The van der Waals surface area contributed by atoms with Gasteiger partial charge in [-0.1, -0.05) is 20.8 Å². The molecular weight excluding hydrogens is 174 g/mol. The molecule has 1 aromatic rings. The first kappa shape index (κ1) is 11.2. The first-order chi connectivity index (χ1) is 6.69. The molecule has 0 unspecified atom stereocenters. The third-order valence-electron chi connectivity index (χ3n) is 2.28. The van der Waals surface area contributed by atoms with Gasteiger partial charge in [-0.3, -0.25) is 4.68 Å². The Hall–Kier alpha value is -0.830. The highest BCUT2D eigenvalue weighted by Crippen LogP contribution is 2.17. The SMILES string of the molecule is CCCn1cc(CCN)c(C(C)C)n1. The number of aromatic nitrogens is 2. The fourth-order valence-electron chi connectivity index (χ4n) is 1.66. The zero-order valence-electron chi connectivity index (χ0n) is 9.45. The average Bonchev–Trinajstić information content (AvgIpc) is 2.49. The minimum absolute atomic E-state index is 0.495. The number of hydrogen-bond donors (Lipinski definition) is 1. The summed E-state index contributed by atoms with van der Waals surface area (Å²) in [6, 6.07) is 0. The van der Waals surface area contributed by atoms with Gasteiger partial charge in [-0.25, -0.2) is 0 Å². The number of aryl methyl sites for hydroxylation is 1. The molecule has 1 heterocycles. The molecule has 0 aliphatic carbocycles. The van der Waals surface area contributed by atoms with E-state index in [9.17, 15) is 0 Å². The molecule has 80 valence electrons. The van der Waals surface area contributed by atoms with Gasteiger partial charge < -0.3 is 5.73 Å². The molecule has 0 aliphatic rings. The minimum Gasteiger partial charge on any atom is -0.330 e. The van der Waals surface area contributed by atoms with Crippen molar-refractivity contribution in [2.45, 2.75) is 46.1 Å². The van der Waals surface area contributed by atoms with Gasteiger partial charge in [0, 0.05) is 12.7 Å². The Kier molecular flexibility index (Phi) is 4.14. The van der Waals surface area contributed by atoms with Crippen molar-refractivity contribution in [1.29, 1.82) is 0 Å². The second kappa shape index (κ2) is 5.15. The van der Waals surface area contributed by atoms with Gasteiger partial charge in [0.2, 0.25) is 0 Å². The van der Waals surface area contributed by atoms with Crippen LogP contribution in [0.25, 0.3) is 0 Å². The fraction of sp³-hybridized carbons (Fsp3) is 0.727. The molecule has 3 nitrogen and oxygen atoms in total. The first-order valence-corrected chi connectivity index (χ1v) is 5.45. The Morgan fingerprint density at radius 3 is 2.71 bits per heavy atom. The maximum absolute atomic E-state index is 5.58. The first-order valence-electron chi connectivity index (χ1n) is 5.45. The number of nitrogens with zero attached hydrogens (tertiary/aromatic N) is 2. The number of hydrogen-bond acceptors (Lipinski definition) is 2. The van der Waals surface area contributed by atoms with Crippen LogP contribution in [0.5, 0.6) is 0 Å². The molecule has 3 heteroatoms. The largest absolute Gasteiger partial charge is 0.330 e. The lowest BCUT2D eigenvalue weighted by Crippen LogP contribution is -2.04. The predicted octanol–water partition coefficient (Wildman–Crippen LogP) is 1.92. The maximum Gasteiger partial charge on any atom is 0.0682 e. The van der Waals surface area contributed by atoms with Gasteiger partial charge in [-0.2, -0.15) is 5.10 Å². The van der Waals surface area contributed by atoms with Gasteiger partial charge in [0.05, 0.1) is 5.69 Å². The molecule has 0 saturated heterocycles. The fourth-order valence-corrected chi connectivity index (χ4v) is 1.66. The van der Waals surface area contributed by atoms with E-state index in [1.165, 1.54) is 11.3 Å². The minimum atomic E-state index is 0.495. The number of rotatable bonds is 5. The van der Waals surface area contributed by atoms with Gasteiger partial charge in [0.1, 0.15) is 0 Å². The quantitative estimate of drug-likeness (QED) is 0.780. The molecule has 14 heavy (non-hydrogen) atoms. The van der Waals surface area contributed by atoms with Crippen LogP contribution >= 0.6 is 0 Å². The summed E-state index contributed by atoms with van der Waals surface area (Å²) >= 11 is 0. The summed E-state index contributed by atoms with van der Waals surface area (Å²) in [4.78, 5) is 0. The van der Waals surface area contributed by atoms with E-state index in [2.05, 4.69) is 32.1 Å². The van der Waals surface area contributed by atoms with Crippen molar-refractivity contribution in [2.24, 2.45) is 5.73 Å². The van der Waals surface area contributed by atoms with Crippen LogP contribution in [0.4, 0.5) is 0 Å². The van der Waals surface area contributed by atoms with E-state index in [1.54, 1.807) is 0 Å². The second-order valence-corrected chi connectivity index (χ2v) is 4.00. The van der Waals surface area contributed by atoms with Crippen LogP contribution < -0.4 is 5.73 Å². The molecule has 0 atom stereocenters. The van der Waals surface area contributed by atoms with Crippen LogP contribution in [0, 0.1) is 0 Å². The van der Waals surface area contributed by atoms with E-state index in [0.717, 1.165) is 19.4 Å². The lowest BCUT2D eigenvalue weighted by atomic mass is 10.0. The molecule has 1 rings (SSSR count). The summed E-state index contributed by atoms with van der Waals surface area (Å²) in [5, 5.41) is 4.58. The highest BCUT2D eigenvalue weighted by Gasteiger charge is 2.10. The van der Waals surface area contributed by atoms with Crippen LogP contribution in [0.3, 0.4) is 0 Å². The lowest BCUT2D eigenvalue weighted by Gasteiger charge is -2.02. The molecule has 0 bridgehead atoms. The van der Waals surface area contributed by atoms with E-state index >= 15 is 0 Å². The van der Waals surface area contributed by atoms with Crippen LogP contribution in [0.15, 0.2) is 6.20 Å². The van der Waals surface area contributed by atoms with Crippen LogP contribution in [0.1, 0.15) is 44.4 Å². The summed E-state index contributed by atoms with van der Waals surface area (Å²) in [6.07, 6.45) is 4.21. The Balaban J connectivity index is 2.87. The molecule has 1 aromatic heterocycles. The highest BCUT2D eigenvalue weighted by atomic mass is 15.3. The predicted molar refractivity (Wildman–Crippen MR) is 59.4 cm³/mol. The third kappa shape index (κ3) is 2.58. The maximum atomic E-state index is 5.58. The van der Waals surface area contributed by atoms with Crippen LogP contribution in [-0.4, -0.2) is 16.3 Å². The molecule has 0 aromatic carbocycles. The Labute approximate surface area is 86.3 Å². The topological polar surface area (TPSA) is 43.8 Å². The molecule has 0 spiro atoms. The zero-order chi connectivity index (χ0) is 10.6. The highest BCUT2D eigenvalue weighted by molar-refractivity contribution is 5.20. The average molecular weight is 195 g/mol. The van der Waals surface area contributed by atoms with Gasteiger partial charge in [0.15, 0.2) is 0 Å². The van der Waals surface area contributed by atoms with Gasteiger partial charge >= 0.3 is 0 Å². The van der Waals surface area contributed by atoms with Crippen molar-refractivity contribution >= 4 is 0 Å². The molecule has 2 N–H and O–H groups in total. The van der Waals surface area contributed by atoms with E-state index < -0.39 is 0 Å². The summed E-state index contributed by atoms with van der Waals surface area (Å²) < 4.78 is 2.04. The molecule has 0 amide bonds. The van der Waals surface area contributed by atoms with Gasteiger partial charge in [0.25, 0.3) is 0 Å². The van der Waals surface area contributed by atoms with Crippen LogP contribution in [0.2, 0.25) is 0 Å². The Bertz CT molecular complexity index is 276. The molecule has 0 fully saturated rings. The molecule has 0 saturated carbocycles. The van der Waals surface area contributed by atoms with Crippen molar-refractivity contribution in [2.75, 3.05) is 6.54 Å². The van der Waals surface area contributed by atoms with Gasteiger partial charge in [-0.05, 0) is 30.9 Å². The smallest absolute Gasteiger partial charge is 0.0682 e. The van der Waals surface area contributed by atoms with Crippen molar-refractivity contribution in [3.8, 4) is 0 Å². The monoisotopic (exact) mass is 195 g/mol. The summed E-state index contributed by atoms with van der Waals surface area (Å²) in [5.41, 5.74) is 8.10. The summed E-state index contributed by atoms with van der Waals surface area (Å²) in [6.45, 7) is 8.23. The molecule has 0 radical (unpaired) electrons. The van der Waals surface area contributed by atoms with E-state index in [-0.39, 0.29) is 0 Å². The Morgan fingerprint density at radius 1 is 1.50 bits per heavy atom. The standard InChI is InChI=1S/C11H21N3/c1-4-7-14-8-10(5-6-12)11(13-14)9(2)3/h8-9H,4-7,12H2,1-3H3. The van der Waals surface area contributed by atoms with E-state index in [0.29, 0.717) is 12.5 Å². The van der Waals surface area contributed by atoms with Gasteiger partial charge in [-0.15, -0.1) is 0 Å². The normalized spacial score (nSPS) is 11.2. The zero-order valence-corrected chi connectivity index (χ0v) is 9.45. The summed E-state index contributed by atoms with van der Waals surface area (Å²) in [7, 11) is 0. The molecule has 0 aliphatic heterocycles. The summed E-state index contributed by atoms with van der Waals surface area (Å²) in [5.74, 6) is 0.495. The van der Waals surface area contributed by atoms with Crippen molar-refractivity contribution < 1.29 is 0 Å². The van der Waals surface area contributed by atoms with Crippen molar-refractivity contribution in [1.82, 2.24) is 9.78 Å². The van der Waals surface area contributed by atoms with Crippen molar-refractivity contribution in [3.63, 3.8) is 0 Å². The number of nitrogens with two attached hydrogens (primary N) is 1. The third-order valence-corrected chi connectivity index (χ3v) is 2.28. The second-order valence-electron chi connectivity index (χ2n) is 4.00. The Morgan fingerprint density at radius 2 is 2.21 bits per heavy atom. The van der Waals surface area contributed by atoms with Crippen LogP contribution in [-0.2, 0) is 13.0 Å². The van der Waals surface area contributed by atoms with E-state index in [4.69, 9.17) is 5.73 Å². The van der Waals surface area contributed by atoms with E-state index in [1.807, 2.05) is 4.68 Å². The molecular formula is C11H21N3. The van der Waals surface area contributed by atoms with Crippen molar-refractivity contribution in [3.05, 3.63) is 17.5 Å². The lowest BCUT2D eigenvalue weighted by molar-refractivity contribution is 0.588.